The number of esters is 1. The van der Waals surface area contributed by atoms with Crippen LogP contribution in [0.4, 0.5) is 5.82 Å². The molecule has 0 spiro atoms. The normalized spacial score (nSPS) is 17.0. The fourth-order valence-electron chi connectivity index (χ4n) is 1.86. The van der Waals surface area contributed by atoms with E-state index in [2.05, 4.69) is 10.3 Å². The van der Waals surface area contributed by atoms with Gasteiger partial charge < -0.3 is 14.8 Å². The lowest BCUT2D eigenvalue weighted by Crippen LogP contribution is -2.33. The van der Waals surface area contributed by atoms with Crippen molar-refractivity contribution >= 4 is 23.8 Å². The van der Waals surface area contributed by atoms with Crippen LogP contribution in [0.5, 0.6) is 5.75 Å². The highest BCUT2D eigenvalue weighted by Crippen LogP contribution is 2.31. The molecule has 1 aromatic heterocycles. The van der Waals surface area contributed by atoms with E-state index < -0.39 is 17.0 Å². The van der Waals surface area contributed by atoms with Crippen LogP contribution < -0.4 is 10.1 Å². The van der Waals surface area contributed by atoms with E-state index in [1.165, 1.54) is 6.08 Å². The van der Waals surface area contributed by atoms with E-state index in [0.717, 1.165) is 0 Å². The number of rotatable bonds is 2. The Labute approximate surface area is 135 Å². The predicted octanol–water partition coefficient (Wildman–Crippen LogP) is 2.79. The number of hydrogen-bond acceptors (Lipinski definition) is 5. The first kappa shape index (κ1) is 17.0. The van der Waals surface area contributed by atoms with Gasteiger partial charge in [-0.15, -0.1) is 0 Å². The second-order valence-corrected chi connectivity index (χ2v) is 7.11. The van der Waals surface area contributed by atoms with Crippen LogP contribution in [0.2, 0.25) is 0 Å². The predicted molar refractivity (Wildman–Crippen MR) is 87.0 cm³/mol. The van der Waals surface area contributed by atoms with E-state index in [-0.39, 0.29) is 12.5 Å². The molecule has 2 rings (SSSR count). The molecule has 124 valence electrons. The van der Waals surface area contributed by atoms with Crippen LogP contribution in [0.1, 0.15) is 40.2 Å². The molecule has 0 saturated heterocycles. The summed E-state index contributed by atoms with van der Waals surface area (Å²) in [5, 5.41) is 2.75. The number of hydrogen-bond donors (Lipinski definition) is 1. The number of pyridine rings is 1. The average Bonchev–Trinajstić information content (AvgIpc) is 2.52. The van der Waals surface area contributed by atoms with Crippen molar-refractivity contribution in [1.29, 1.82) is 0 Å². The van der Waals surface area contributed by atoms with Crippen molar-refractivity contribution in [2.45, 2.75) is 40.2 Å². The molecule has 6 nitrogen and oxygen atoms in total. The van der Waals surface area contributed by atoms with Crippen LogP contribution in [0, 0.1) is 5.41 Å². The maximum Gasteiger partial charge on any atom is 0.331 e. The summed E-state index contributed by atoms with van der Waals surface area (Å²) in [4.78, 5) is 27.9. The van der Waals surface area contributed by atoms with Crippen molar-refractivity contribution in [3.05, 3.63) is 23.9 Å². The smallest absolute Gasteiger partial charge is 0.331 e. The van der Waals surface area contributed by atoms with Crippen molar-refractivity contribution in [2.75, 3.05) is 11.9 Å². The Morgan fingerprint density at radius 1 is 1.43 bits per heavy atom. The van der Waals surface area contributed by atoms with Crippen LogP contribution in [-0.4, -0.2) is 29.1 Å². The molecule has 1 aliphatic rings. The van der Waals surface area contributed by atoms with Crippen molar-refractivity contribution < 1.29 is 19.1 Å². The lowest BCUT2D eigenvalue weighted by Gasteiger charge is -2.18. The SMILES string of the molecule is CC(C)(C)OC(=O)C=Cc1cnc2c(c1)OCC(C)(C)C(=O)N2. The second kappa shape index (κ2) is 6.02. The van der Waals surface area contributed by atoms with Gasteiger partial charge in [0, 0.05) is 12.3 Å². The van der Waals surface area contributed by atoms with E-state index in [1.807, 2.05) is 0 Å². The molecule has 0 aliphatic carbocycles. The highest BCUT2D eigenvalue weighted by atomic mass is 16.6. The van der Waals surface area contributed by atoms with E-state index in [0.29, 0.717) is 17.1 Å². The van der Waals surface area contributed by atoms with Gasteiger partial charge in [-0.05, 0) is 52.3 Å². The van der Waals surface area contributed by atoms with Gasteiger partial charge in [-0.25, -0.2) is 9.78 Å². The summed E-state index contributed by atoms with van der Waals surface area (Å²) in [6.07, 6.45) is 4.50. The number of carbonyl (C=O) groups excluding carboxylic acids is 2. The zero-order valence-corrected chi connectivity index (χ0v) is 14.1. The molecule has 0 unspecified atom stereocenters. The first-order valence-electron chi connectivity index (χ1n) is 7.42. The van der Waals surface area contributed by atoms with Gasteiger partial charge in [-0.2, -0.15) is 0 Å². The maximum atomic E-state index is 12.0. The summed E-state index contributed by atoms with van der Waals surface area (Å²) in [7, 11) is 0. The van der Waals surface area contributed by atoms with Gasteiger partial charge in [0.15, 0.2) is 11.6 Å². The molecule has 0 radical (unpaired) electrons. The topological polar surface area (TPSA) is 77.5 Å². The Morgan fingerprint density at radius 2 is 2.13 bits per heavy atom. The molecule has 2 heterocycles. The summed E-state index contributed by atoms with van der Waals surface area (Å²) < 4.78 is 10.9. The van der Waals surface area contributed by atoms with Crippen LogP contribution in [0.15, 0.2) is 18.3 Å². The van der Waals surface area contributed by atoms with Gasteiger partial charge >= 0.3 is 5.97 Å². The number of amides is 1. The lowest BCUT2D eigenvalue weighted by atomic mass is 9.94. The first-order valence-corrected chi connectivity index (χ1v) is 7.42. The van der Waals surface area contributed by atoms with E-state index in [4.69, 9.17) is 9.47 Å². The zero-order chi connectivity index (χ0) is 17.3. The van der Waals surface area contributed by atoms with E-state index >= 15 is 0 Å². The van der Waals surface area contributed by atoms with Crippen molar-refractivity contribution in [1.82, 2.24) is 4.98 Å². The third kappa shape index (κ3) is 4.55. The minimum atomic E-state index is -0.632. The fourth-order valence-corrected chi connectivity index (χ4v) is 1.86. The number of aromatic nitrogens is 1. The lowest BCUT2D eigenvalue weighted by molar-refractivity contribution is -0.148. The van der Waals surface area contributed by atoms with Gasteiger partial charge in [0.05, 0.1) is 5.41 Å². The molecule has 1 amide bonds. The number of fused-ring (bicyclic) bond motifs is 1. The van der Waals surface area contributed by atoms with Gasteiger partial charge in [-0.1, -0.05) is 0 Å². The van der Waals surface area contributed by atoms with Gasteiger partial charge in [0.25, 0.3) is 0 Å². The summed E-state index contributed by atoms with van der Waals surface area (Å²) in [5.41, 5.74) is -0.483. The number of nitrogens with one attached hydrogen (secondary N) is 1. The monoisotopic (exact) mass is 318 g/mol. The molecule has 1 aromatic rings. The Bertz CT molecular complexity index is 657. The van der Waals surface area contributed by atoms with E-state index in [1.54, 1.807) is 53.0 Å². The Kier molecular flexibility index (Phi) is 4.45. The maximum absolute atomic E-state index is 12.0. The molecule has 0 fully saturated rings. The number of nitrogens with zero attached hydrogens (tertiary/aromatic N) is 1. The van der Waals surface area contributed by atoms with Crippen molar-refractivity contribution in [3.63, 3.8) is 0 Å². The number of anilines is 1. The van der Waals surface area contributed by atoms with Gasteiger partial charge in [0.1, 0.15) is 12.2 Å². The van der Waals surface area contributed by atoms with Crippen LogP contribution in [0.25, 0.3) is 6.08 Å². The number of carbonyl (C=O) groups is 2. The molecule has 0 bridgehead atoms. The third-order valence-corrected chi connectivity index (χ3v) is 3.13. The molecule has 0 atom stereocenters. The molecular weight excluding hydrogens is 296 g/mol. The Hall–Kier alpha value is -2.37. The average molecular weight is 318 g/mol. The molecular formula is C17H22N2O4. The summed E-state index contributed by atoms with van der Waals surface area (Å²) in [6.45, 7) is 9.28. The molecule has 0 aromatic carbocycles. The van der Waals surface area contributed by atoms with E-state index in [9.17, 15) is 9.59 Å². The highest BCUT2D eigenvalue weighted by molar-refractivity contribution is 5.96. The van der Waals surface area contributed by atoms with Crippen LogP contribution in [0.3, 0.4) is 0 Å². The minimum Gasteiger partial charge on any atom is -0.489 e. The Balaban J connectivity index is 2.15. The fraction of sp³-hybridized carbons (Fsp3) is 0.471. The highest BCUT2D eigenvalue weighted by Gasteiger charge is 2.32. The summed E-state index contributed by atoms with van der Waals surface area (Å²) in [5.74, 6) is 0.300. The quantitative estimate of drug-likeness (QED) is 0.670. The van der Waals surface area contributed by atoms with Gasteiger partial charge in [-0.3, -0.25) is 4.79 Å². The zero-order valence-electron chi connectivity index (χ0n) is 14.1. The minimum absolute atomic E-state index is 0.138. The summed E-state index contributed by atoms with van der Waals surface area (Å²) >= 11 is 0. The first-order chi connectivity index (χ1) is 10.6. The van der Waals surface area contributed by atoms with Gasteiger partial charge in [0.2, 0.25) is 5.91 Å². The standard InChI is InChI=1S/C17H22N2O4/c1-16(2,3)23-13(20)7-6-11-8-12-14(18-9-11)19-15(21)17(4,5)10-22-12/h6-9H,10H2,1-5H3,(H,18,19,21). The van der Waals surface area contributed by atoms with Crippen molar-refractivity contribution in [3.8, 4) is 5.75 Å². The third-order valence-electron chi connectivity index (χ3n) is 3.13. The molecule has 1 aliphatic heterocycles. The molecule has 6 heteroatoms. The molecule has 1 N–H and O–H groups in total. The largest absolute Gasteiger partial charge is 0.489 e. The molecule has 23 heavy (non-hydrogen) atoms. The number of ether oxygens (including phenoxy) is 2. The second-order valence-electron chi connectivity index (χ2n) is 7.11. The summed E-state index contributed by atoms with van der Waals surface area (Å²) in [6, 6.07) is 1.73. The Morgan fingerprint density at radius 3 is 2.78 bits per heavy atom. The molecule has 0 saturated carbocycles. The van der Waals surface area contributed by atoms with Crippen molar-refractivity contribution in [2.24, 2.45) is 5.41 Å². The van der Waals surface area contributed by atoms with Crippen LogP contribution >= 0.6 is 0 Å². The van der Waals surface area contributed by atoms with Crippen LogP contribution in [-0.2, 0) is 14.3 Å².